The van der Waals surface area contributed by atoms with Gasteiger partial charge >= 0.3 is 6.03 Å². The summed E-state index contributed by atoms with van der Waals surface area (Å²) in [5, 5.41) is 6.20. The van der Waals surface area contributed by atoms with Gasteiger partial charge in [-0.25, -0.2) is 4.79 Å². The van der Waals surface area contributed by atoms with Crippen molar-refractivity contribution in [3.8, 4) is 0 Å². The Hall–Kier alpha value is -0.770. The SMILES string of the molecule is CCNC(=O)N1CC2CNCC2C1. The molecule has 2 aliphatic rings. The van der Waals surface area contributed by atoms with E-state index in [0.29, 0.717) is 11.8 Å². The second-order valence-electron chi connectivity index (χ2n) is 3.92. The fourth-order valence-corrected chi connectivity index (χ4v) is 2.28. The molecule has 2 heterocycles. The van der Waals surface area contributed by atoms with Crippen LogP contribution >= 0.6 is 0 Å². The molecule has 4 nitrogen and oxygen atoms in total. The van der Waals surface area contributed by atoms with Crippen molar-refractivity contribution in [1.82, 2.24) is 15.5 Å². The summed E-state index contributed by atoms with van der Waals surface area (Å²) in [7, 11) is 0. The zero-order valence-electron chi connectivity index (χ0n) is 8.05. The Bertz CT molecular complexity index is 195. The molecule has 0 aliphatic carbocycles. The number of rotatable bonds is 1. The van der Waals surface area contributed by atoms with Crippen molar-refractivity contribution in [3.63, 3.8) is 0 Å². The maximum atomic E-state index is 11.5. The van der Waals surface area contributed by atoms with Gasteiger partial charge in [0.25, 0.3) is 0 Å². The fraction of sp³-hybridized carbons (Fsp3) is 0.889. The van der Waals surface area contributed by atoms with Crippen molar-refractivity contribution in [2.45, 2.75) is 6.92 Å². The Kier molecular flexibility index (Phi) is 2.40. The van der Waals surface area contributed by atoms with Gasteiger partial charge in [0.05, 0.1) is 0 Å². The summed E-state index contributed by atoms with van der Waals surface area (Å²) in [6.07, 6.45) is 0. The number of urea groups is 1. The summed E-state index contributed by atoms with van der Waals surface area (Å²) in [4.78, 5) is 13.4. The average Bonchev–Trinajstić information content (AvgIpc) is 2.61. The summed E-state index contributed by atoms with van der Waals surface area (Å²) >= 11 is 0. The molecular formula is C9H17N3O. The maximum absolute atomic E-state index is 11.5. The van der Waals surface area contributed by atoms with E-state index in [2.05, 4.69) is 10.6 Å². The minimum atomic E-state index is 0.108. The topological polar surface area (TPSA) is 44.4 Å². The van der Waals surface area contributed by atoms with Gasteiger partial charge in [0, 0.05) is 32.7 Å². The van der Waals surface area contributed by atoms with E-state index in [9.17, 15) is 4.79 Å². The lowest BCUT2D eigenvalue weighted by molar-refractivity contribution is 0.206. The summed E-state index contributed by atoms with van der Waals surface area (Å²) in [6.45, 7) is 6.72. The number of likely N-dealkylation sites (tertiary alicyclic amines) is 1. The largest absolute Gasteiger partial charge is 0.338 e. The average molecular weight is 183 g/mol. The number of fused-ring (bicyclic) bond motifs is 1. The highest BCUT2D eigenvalue weighted by Crippen LogP contribution is 2.25. The highest BCUT2D eigenvalue weighted by Gasteiger charge is 2.37. The van der Waals surface area contributed by atoms with Gasteiger partial charge in [-0.05, 0) is 18.8 Å². The molecule has 2 fully saturated rings. The number of hydrogen-bond acceptors (Lipinski definition) is 2. The second kappa shape index (κ2) is 3.54. The normalized spacial score (nSPS) is 31.9. The first-order valence-electron chi connectivity index (χ1n) is 5.04. The third-order valence-electron chi connectivity index (χ3n) is 3.00. The van der Waals surface area contributed by atoms with Crippen molar-refractivity contribution < 1.29 is 4.79 Å². The zero-order valence-corrected chi connectivity index (χ0v) is 8.05. The van der Waals surface area contributed by atoms with Crippen molar-refractivity contribution in [2.75, 3.05) is 32.7 Å². The van der Waals surface area contributed by atoms with Crippen LogP contribution in [0.3, 0.4) is 0 Å². The summed E-state index contributed by atoms with van der Waals surface area (Å²) in [6, 6.07) is 0.108. The lowest BCUT2D eigenvalue weighted by atomic mass is 10.0. The van der Waals surface area contributed by atoms with Gasteiger partial charge < -0.3 is 15.5 Å². The molecule has 74 valence electrons. The first-order chi connectivity index (χ1) is 6.31. The molecule has 2 N–H and O–H groups in total. The molecular weight excluding hydrogens is 166 g/mol. The van der Waals surface area contributed by atoms with E-state index >= 15 is 0 Å². The maximum Gasteiger partial charge on any atom is 0.317 e. The Morgan fingerprint density at radius 1 is 1.46 bits per heavy atom. The Balaban J connectivity index is 1.87. The van der Waals surface area contributed by atoms with Crippen LogP contribution in [-0.4, -0.2) is 43.7 Å². The highest BCUT2D eigenvalue weighted by atomic mass is 16.2. The third-order valence-corrected chi connectivity index (χ3v) is 3.00. The first-order valence-corrected chi connectivity index (χ1v) is 5.04. The number of carbonyl (C=O) groups excluding carboxylic acids is 1. The number of hydrogen-bond donors (Lipinski definition) is 2. The van der Waals surface area contributed by atoms with Crippen molar-refractivity contribution in [3.05, 3.63) is 0 Å². The van der Waals surface area contributed by atoms with E-state index in [1.165, 1.54) is 0 Å². The lowest BCUT2D eigenvalue weighted by Gasteiger charge is -2.17. The molecule has 0 aromatic heterocycles. The van der Waals surface area contributed by atoms with Crippen molar-refractivity contribution in [2.24, 2.45) is 11.8 Å². The molecule has 2 aliphatic heterocycles. The lowest BCUT2D eigenvalue weighted by Crippen LogP contribution is -2.39. The quantitative estimate of drug-likeness (QED) is 0.594. The predicted octanol–water partition coefficient (Wildman–Crippen LogP) is -0.133. The monoisotopic (exact) mass is 183 g/mol. The summed E-state index contributed by atoms with van der Waals surface area (Å²) in [5.41, 5.74) is 0. The third kappa shape index (κ3) is 1.63. The van der Waals surface area contributed by atoms with Gasteiger partial charge in [-0.1, -0.05) is 0 Å². The van der Waals surface area contributed by atoms with Crippen molar-refractivity contribution >= 4 is 6.03 Å². The Morgan fingerprint density at radius 2 is 2.08 bits per heavy atom. The number of nitrogens with zero attached hydrogens (tertiary/aromatic N) is 1. The molecule has 0 bridgehead atoms. The minimum Gasteiger partial charge on any atom is -0.338 e. The van der Waals surface area contributed by atoms with E-state index < -0.39 is 0 Å². The van der Waals surface area contributed by atoms with Crippen LogP contribution in [0.15, 0.2) is 0 Å². The van der Waals surface area contributed by atoms with Crippen molar-refractivity contribution in [1.29, 1.82) is 0 Å². The summed E-state index contributed by atoms with van der Waals surface area (Å²) in [5.74, 6) is 1.39. The van der Waals surface area contributed by atoms with E-state index in [4.69, 9.17) is 0 Å². The van der Waals surface area contributed by atoms with Gasteiger partial charge in [-0.2, -0.15) is 0 Å². The van der Waals surface area contributed by atoms with Crippen LogP contribution in [0.4, 0.5) is 4.79 Å². The van der Waals surface area contributed by atoms with Crippen LogP contribution in [0, 0.1) is 11.8 Å². The number of amides is 2. The molecule has 0 aromatic rings. The Morgan fingerprint density at radius 3 is 2.62 bits per heavy atom. The standard InChI is InChI=1S/C9H17N3O/c1-2-11-9(13)12-5-7-3-10-4-8(7)6-12/h7-8,10H,2-6H2,1H3,(H,11,13). The number of nitrogens with one attached hydrogen (secondary N) is 2. The predicted molar refractivity (Wildman–Crippen MR) is 50.5 cm³/mol. The first kappa shape index (κ1) is 8.81. The molecule has 2 amide bonds. The van der Waals surface area contributed by atoms with Crippen LogP contribution in [0.25, 0.3) is 0 Å². The molecule has 2 saturated heterocycles. The highest BCUT2D eigenvalue weighted by molar-refractivity contribution is 5.74. The molecule has 4 heteroatoms. The van der Waals surface area contributed by atoms with Gasteiger partial charge in [0.2, 0.25) is 0 Å². The molecule has 2 unspecified atom stereocenters. The molecule has 0 radical (unpaired) electrons. The van der Waals surface area contributed by atoms with Crippen LogP contribution < -0.4 is 10.6 Å². The number of carbonyl (C=O) groups is 1. The van der Waals surface area contributed by atoms with E-state index in [1.54, 1.807) is 0 Å². The Labute approximate surface area is 78.7 Å². The van der Waals surface area contributed by atoms with Crippen LogP contribution in [0.1, 0.15) is 6.92 Å². The van der Waals surface area contributed by atoms with Crippen LogP contribution in [0.2, 0.25) is 0 Å². The van der Waals surface area contributed by atoms with Crippen LogP contribution in [0.5, 0.6) is 0 Å². The van der Waals surface area contributed by atoms with Gasteiger partial charge in [0.15, 0.2) is 0 Å². The molecule has 2 rings (SSSR count). The van der Waals surface area contributed by atoms with Gasteiger partial charge in [-0.3, -0.25) is 0 Å². The second-order valence-corrected chi connectivity index (χ2v) is 3.92. The summed E-state index contributed by atoms with van der Waals surface area (Å²) < 4.78 is 0. The molecule has 2 atom stereocenters. The molecule has 13 heavy (non-hydrogen) atoms. The van der Waals surface area contributed by atoms with E-state index in [1.807, 2.05) is 11.8 Å². The van der Waals surface area contributed by atoms with Gasteiger partial charge in [0.1, 0.15) is 0 Å². The molecule has 0 aromatic carbocycles. The minimum absolute atomic E-state index is 0.108. The molecule has 0 saturated carbocycles. The molecule has 0 spiro atoms. The zero-order chi connectivity index (χ0) is 9.26. The van der Waals surface area contributed by atoms with E-state index in [-0.39, 0.29) is 6.03 Å². The van der Waals surface area contributed by atoms with Gasteiger partial charge in [-0.15, -0.1) is 0 Å². The fourth-order valence-electron chi connectivity index (χ4n) is 2.28. The van der Waals surface area contributed by atoms with Crippen LogP contribution in [-0.2, 0) is 0 Å². The van der Waals surface area contributed by atoms with E-state index in [0.717, 1.165) is 32.7 Å². The smallest absolute Gasteiger partial charge is 0.317 e.